The van der Waals surface area contributed by atoms with Crippen molar-refractivity contribution in [2.75, 3.05) is 7.11 Å². The molecule has 1 aromatic carbocycles. The fourth-order valence-corrected chi connectivity index (χ4v) is 1.64. The van der Waals surface area contributed by atoms with E-state index in [0.29, 0.717) is 0 Å². The lowest BCUT2D eigenvalue weighted by atomic mass is 9.96. The molecule has 1 aromatic rings. The summed E-state index contributed by atoms with van der Waals surface area (Å²) in [4.78, 5) is 11.6. The monoisotopic (exact) mass is 246 g/mol. The molecule has 0 bridgehead atoms. The molecule has 18 heavy (non-hydrogen) atoms. The SMILES string of the molecule is COc1ccc(C(C#N)CC(=O)NC(C)C)cc1. The number of hydrogen-bond acceptors (Lipinski definition) is 3. The number of hydrogen-bond donors (Lipinski definition) is 1. The van der Waals surface area contributed by atoms with Gasteiger partial charge in [0.1, 0.15) is 5.75 Å². The van der Waals surface area contributed by atoms with Crippen molar-refractivity contribution in [2.24, 2.45) is 0 Å². The third-order valence-corrected chi connectivity index (χ3v) is 2.51. The molecule has 96 valence electrons. The highest BCUT2D eigenvalue weighted by Crippen LogP contribution is 2.21. The van der Waals surface area contributed by atoms with Crippen LogP contribution in [-0.2, 0) is 4.79 Å². The second-order valence-corrected chi connectivity index (χ2v) is 4.38. The molecule has 0 aliphatic rings. The molecular formula is C14H18N2O2. The van der Waals surface area contributed by atoms with Gasteiger partial charge in [0.2, 0.25) is 5.91 Å². The largest absolute Gasteiger partial charge is 0.497 e. The van der Waals surface area contributed by atoms with Gasteiger partial charge in [-0.05, 0) is 31.5 Å². The summed E-state index contributed by atoms with van der Waals surface area (Å²) in [5.41, 5.74) is 0.831. The molecule has 0 fully saturated rings. The number of amides is 1. The predicted octanol–water partition coefficient (Wildman–Crippen LogP) is 2.22. The highest BCUT2D eigenvalue weighted by molar-refractivity contribution is 5.77. The first-order valence-electron chi connectivity index (χ1n) is 5.89. The summed E-state index contributed by atoms with van der Waals surface area (Å²) < 4.78 is 5.05. The summed E-state index contributed by atoms with van der Waals surface area (Å²) in [6.45, 7) is 3.79. The first-order chi connectivity index (χ1) is 8.56. The van der Waals surface area contributed by atoms with Crippen molar-refractivity contribution in [2.45, 2.75) is 32.2 Å². The van der Waals surface area contributed by atoms with Gasteiger partial charge in [-0.15, -0.1) is 0 Å². The molecule has 0 heterocycles. The first kappa shape index (κ1) is 14.0. The number of carbonyl (C=O) groups is 1. The summed E-state index contributed by atoms with van der Waals surface area (Å²) in [5, 5.41) is 11.9. The van der Waals surface area contributed by atoms with Crippen molar-refractivity contribution in [1.82, 2.24) is 5.32 Å². The van der Waals surface area contributed by atoms with Crippen LogP contribution in [0.5, 0.6) is 5.75 Å². The van der Waals surface area contributed by atoms with E-state index >= 15 is 0 Å². The van der Waals surface area contributed by atoms with Crippen LogP contribution >= 0.6 is 0 Å². The number of nitriles is 1. The lowest BCUT2D eigenvalue weighted by Gasteiger charge is -2.12. The number of methoxy groups -OCH3 is 1. The minimum atomic E-state index is -0.422. The summed E-state index contributed by atoms with van der Waals surface area (Å²) in [5.74, 6) is 0.212. The highest BCUT2D eigenvalue weighted by atomic mass is 16.5. The van der Waals surface area contributed by atoms with Crippen molar-refractivity contribution in [3.05, 3.63) is 29.8 Å². The normalized spacial score (nSPS) is 11.7. The zero-order chi connectivity index (χ0) is 13.5. The van der Waals surface area contributed by atoms with Gasteiger partial charge < -0.3 is 10.1 Å². The number of carbonyl (C=O) groups excluding carboxylic acids is 1. The molecule has 0 radical (unpaired) electrons. The van der Waals surface area contributed by atoms with E-state index in [4.69, 9.17) is 10.00 Å². The Kier molecular flexibility index (Phi) is 5.19. The second-order valence-electron chi connectivity index (χ2n) is 4.38. The van der Waals surface area contributed by atoms with Gasteiger partial charge >= 0.3 is 0 Å². The molecule has 4 heteroatoms. The molecule has 1 amide bonds. The standard InChI is InChI=1S/C14H18N2O2/c1-10(2)16-14(17)8-12(9-15)11-4-6-13(18-3)7-5-11/h4-7,10,12H,8H2,1-3H3,(H,16,17). The van der Waals surface area contributed by atoms with Crippen molar-refractivity contribution >= 4 is 5.91 Å². The Morgan fingerprint density at radius 2 is 2.00 bits per heavy atom. The van der Waals surface area contributed by atoms with E-state index in [9.17, 15) is 4.79 Å². The number of ether oxygens (including phenoxy) is 1. The molecule has 0 spiro atoms. The van der Waals surface area contributed by atoms with Gasteiger partial charge in [0.15, 0.2) is 0 Å². The Hall–Kier alpha value is -2.02. The second kappa shape index (κ2) is 6.65. The topological polar surface area (TPSA) is 62.1 Å². The average molecular weight is 246 g/mol. The van der Waals surface area contributed by atoms with Crippen molar-refractivity contribution in [1.29, 1.82) is 5.26 Å². The van der Waals surface area contributed by atoms with Crippen LogP contribution in [0, 0.1) is 11.3 Å². The van der Waals surface area contributed by atoms with Crippen LogP contribution < -0.4 is 10.1 Å². The maximum atomic E-state index is 11.6. The molecule has 1 rings (SSSR count). The molecule has 0 aliphatic heterocycles. The predicted molar refractivity (Wildman–Crippen MR) is 69.2 cm³/mol. The zero-order valence-corrected chi connectivity index (χ0v) is 10.9. The maximum Gasteiger partial charge on any atom is 0.221 e. The minimum Gasteiger partial charge on any atom is -0.497 e. The number of nitrogens with one attached hydrogen (secondary N) is 1. The Balaban J connectivity index is 2.71. The van der Waals surface area contributed by atoms with Crippen LogP contribution in [0.4, 0.5) is 0 Å². The zero-order valence-electron chi connectivity index (χ0n) is 10.9. The maximum absolute atomic E-state index is 11.6. The summed E-state index contributed by atoms with van der Waals surface area (Å²) in [6.07, 6.45) is 0.182. The average Bonchev–Trinajstić information content (AvgIpc) is 2.35. The van der Waals surface area contributed by atoms with E-state index < -0.39 is 5.92 Å². The van der Waals surface area contributed by atoms with Crippen LogP contribution in [0.3, 0.4) is 0 Å². The van der Waals surface area contributed by atoms with Crippen LogP contribution in [0.1, 0.15) is 31.7 Å². The quantitative estimate of drug-likeness (QED) is 0.866. The van der Waals surface area contributed by atoms with E-state index in [1.807, 2.05) is 26.0 Å². The Labute approximate surface area is 108 Å². The molecule has 0 aromatic heterocycles. The van der Waals surface area contributed by atoms with Crippen molar-refractivity contribution in [3.63, 3.8) is 0 Å². The fourth-order valence-electron chi connectivity index (χ4n) is 1.64. The van der Waals surface area contributed by atoms with E-state index in [1.54, 1.807) is 19.2 Å². The Bertz CT molecular complexity index is 432. The van der Waals surface area contributed by atoms with E-state index in [0.717, 1.165) is 11.3 Å². The lowest BCUT2D eigenvalue weighted by Crippen LogP contribution is -2.31. The van der Waals surface area contributed by atoms with Crippen LogP contribution in [-0.4, -0.2) is 19.1 Å². The van der Waals surface area contributed by atoms with E-state index in [2.05, 4.69) is 11.4 Å². The molecule has 1 unspecified atom stereocenters. The Morgan fingerprint density at radius 3 is 2.44 bits per heavy atom. The summed E-state index contributed by atoms with van der Waals surface area (Å²) in [6, 6.07) is 9.46. The first-order valence-corrected chi connectivity index (χ1v) is 5.89. The molecular weight excluding hydrogens is 228 g/mol. The smallest absolute Gasteiger partial charge is 0.221 e. The van der Waals surface area contributed by atoms with Gasteiger partial charge in [-0.2, -0.15) is 5.26 Å². The highest BCUT2D eigenvalue weighted by Gasteiger charge is 2.15. The fraction of sp³-hybridized carbons (Fsp3) is 0.429. The summed E-state index contributed by atoms with van der Waals surface area (Å²) >= 11 is 0. The van der Waals surface area contributed by atoms with Crippen LogP contribution in [0.25, 0.3) is 0 Å². The van der Waals surface area contributed by atoms with Crippen molar-refractivity contribution in [3.8, 4) is 11.8 Å². The van der Waals surface area contributed by atoms with Gasteiger partial charge in [0.05, 0.1) is 19.1 Å². The minimum absolute atomic E-state index is 0.0905. The molecule has 0 saturated heterocycles. The number of nitrogens with zero attached hydrogens (tertiary/aromatic N) is 1. The van der Waals surface area contributed by atoms with E-state index in [1.165, 1.54) is 0 Å². The molecule has 1 atom stereocenters. The number of benzene rings is 1. The third kappa shape index (κ3) is 4.10. The molecule has 0 aliphatic carbocycles. The Morgan fingerprint density at radius 1 is 1.39 bits per heavy atom. The van der Waals surface area contributed by atoms with Gasteiger partial charge in [-0.1, -0.05) is 12.1 Å². The van der Waals surface area contributed by atoms with Crippen molar-refractivity contribution < 1.29 is 9.53 Å². The molecule has 4 nitrogen and oxygen atoms in total. The number of rotatable bonds is 5. The summed E-state index contributed by atoms with van der Waals surface area (Å²) in [7, 11) is 1.59. The van der Waals surface area contributed by atoms with Crippen LogP contribution in [0.2, 0.25) is 0 Å². The lowest BCUT2D eigenvalue weighted by molar-refractivity contribution is -0.121. The van der Waals surface area contributed by atoms with E-state index in [-0.39, 0.29) is 18.4 Å². The molecule has 1 N–H and O–H groups in total. The van der Waals surface area contributed by atoms with Crippen LogP contribution in [0.15, 0.2) is 24.3 Å². The van der Waals surface area contributed by atoms with Gasteiger partial charge in [0.25, 0.3) is 0 Å². The third-order valence-electron chi connectivity index (χ3n) is 2.51. The van der Waals surface area contributed by atoms with Gasteiger partial charge in [0, 0.05) is 12.5 Å². The van der Waals surface area contributed by atoms with Gasteiger partial charge in [-0.3, -0.25) is 4.79 Å². The van der Waals surface area contributed by atoms with Gasteiger partial charge in [-0.25, -0.2) is 0 Å². The molecule has 0 saturated carbocycles.